The normalized spacial score (nSPS) is 11.1. The molecule has 0 fully saturated rings. The van der Waals surface area contributed by atoms with Gasteiger partial charge in [0.2, 0.25) is 0 Å². The zero-order valence-electron chi connectivity index (χ0n) is 28.9. The van der Waals surface area contributed by atoms with Crippen molar-refractivity contribution < 1.29 is 24.5 Å². The summed E-state index contributed by atoms with van der Waals surface area (Å²) in [6.45, 7) is 11.4. The van der Waals surface area contributed by atoms with Crippen molar-refractivity contribution in [2.45, 2.75) is 33.5 Å². The number of furan rings is 1. The van der Waals surface area contributed by atoms with Gasteiger partial charge in [-0.1, -0.05) is 115 Å². The number of rotatable bonds is 5. The molecule has 3 aromatic heterocycles. The van der Waals surface area contributed by atoms with Gasteiger partial charge in [0.25, 0.3) is 0 Å². The summed E-state index contributed by atoms with van der Waals surface area (Å²) in [5, 5.41) is 3.63. The minimum absolute atomic E-state index is 0. The fraction of sp³-hybridized carbons (Fsp3) is 0.111. The van der Waals surface area contributed by atoms with Gasteiger partial charge in [0.15, 0.2) is 0 Å². The quantitative estimate of drug-likeness (QED) is 0.128. The molecule has 0 amide bonds. The van der Waals surface area contributed by atoms with Crippen LogP contribution in [0.25, 0.3) is 66.7 Å². The summed E-state index contributed by atoms with van der Waals surface area (Å²) in [6.07, 6.45) is 4.00. The molecule has 0 unspecified atom stereocenters. The summed E-state index contributed by atoms with van der Waals surface area (Å²) >= 11 is 0. The van der Waals surface area contributed by atoms with Gasteiger partial charge in [-0.05, 0) is 64.8 Å². The predicted octanol–water partition coefficient (Wildman–Crippen LogP) is 11.5. The first kappa shape index (κ1) is 34.9. The van der Waals surface area contributed by atoms with Crippen molar-refractivity contribution in [2.75, 3.05) is 0 Å². The molecule has 0 saturated heterocycles. The number of hydrogen-bond acceptors (Lipinski definition) is 3. The van der Waals surface area contributed by atoms with Crippen LogP contribution in [-0.4, -0.2) is 18.0 Å². The first-order chi connectivity index (χ1) is 23.8. The summed E-state index contributed by atoms with van der Waals surface area (Å²) in [4.78, 5) is 9.36. The van der Waals surface area contributed by atoms with E-state index < -0.39 is 8.07 Å². The molecule has 0 spiro atoms. The van der Waals surface area contributed by atoms with Gasteiger partial charge in [-0.15, -0.1) is 54.1 Å². The Hall–Kier alpha value is -4.93. The molecule has 5 aromatic carbocycles. The molecule has 249 valence electrons. The molecule has 0 aliphatic rings. The van der Waals surface area contributed by atoms with Crippen LogP contribution in [0.3, 0.4) is 0 Å². The average molecular weight is 843 g/mol. The van der Waals surface area contributed by atoms with Crippen molar-refractivity contribution >= 4 is 35.2 Å². The van der Waals surface area contributed by atoms with E-state index in [9.17, 15) is 0 Å². The van der Waals surface area contributed by atoms with Crippen molar-refractivity contribution in [3.8, 4) is 44.8 Å². The van der Waals surface area contributed by atoms with E-state index in [-0.39, 0.29) is 20.1 Å². The van der Waals surface area contributed by atoms with Crippen molar-refractivity contribution in [1.29, 1.82) is 0 Å². The number of aromatic nitrogens is 2. The van der Waals surface area contributed by atoms with Gasteiger partial charge in [-0.3, -0.25) is 0 Å². The van der Waals surface area contributed by atoms with Crippen molar-refractivity contribution in [1.82, 2.24) is 9.97 Å². The molecular formula is C45H38IrN2OSi-2. The Bertz CT molecular complexity index is 2380. The molecule has 5 heteroatoms. The molecule has 3 nitrogen and oxygen atoms in total. The third kappa shape index (κ3) is 7.32. The van der Waals surface area contributed by atoms with Crippen molar-refractivity contribution in [3.63, 3.8) is 0 Å². The zero-order chi connectivity index (χ0) is 34.0. The summed E-state index contributed by atoms with van der Waals surface area (Å²) in [5.41, 5.74) is 12.8. The Kier molecular flexibility index (Phi) is 10.4. The van der Waals surface area contributed by atoms with Gasteiger partial charge in [0, 0.05) is 43.4 Å². The van der Waals surface area contributed by atoms with Crippen LogP contribution in [0.4, 0.5) is 0 Å². The Morgan fingerprint density at radius 1 is 0.580 bits per heavy atom. The topological polar surface area (TPSA) is 38.9 Å². The molecule has 0 atom stereocenters. The van der Waals surface area contributed by atoms with E-state index in [1.165, 1.54) is 33.0 Å². The fourth-order valence-corrected chi connectivity index (χ4v) is 8.10. The zero-order valence-corrected chi connectivity index (χ0v) is 32.3. The smallest absolute Gasteiger partial charge is 0.120 e. The molecule has 50 heavy (non-hydrogen) atoms. The number of fused-ring (bicyclic) bond motifs is 3. The van der Waals surface area contributed by atoms with Gasteiger partial charge < -0.3 is 14.4 Å². The van der Waals surface area contributed by atoms with E-state index in [0.29, 0.717) is 0 Å². The largest absolute Gasteiger partial charge is 0.501 e. The Morgan fingerprint density at radius 3 is 1.92 bits per heavy atom. The first-order valence-electron chi connectivity index (χ1n) is 16.7. The van der Waals surface area contributed by atoms with Gasteiger partial charge in [-0.2, -0.15) is 0 Å². The SMILES string of the molecule is Cc1cc(-c2[c-]ccc3c2oc2ccc(-c4ccccc4)cc23)ncc1-c1ccccc1.Cc1cc(-c2[c-]cccc2)ncc1[Si](C)(C)C.[Ir]. The molecule has 0 aliphatic heterocycles. The van der Waals surface area contributed by atoms with Crippen molar-refractivity contribution in [2.24, 2.45) is 0 Å². The van der Waals surface area contributed by atoms with Crippen LogP contribution < -0.4 is 5.19 Å². The molecule has 0 saturated carbocycles. The number of nitrogens with zero attached hydrogens (tertiary/aromatic N) is 2. The third-order valence-electron chi connectivity index (χ3n) is 8.89. The van der Waals surface area contributed by atoms with E-state index in [1.54, 1.807) is 0 Å². The van der Waals surface area contributed by atoms with Crippen LogP contribution in [0.15, 0.2) is 144 Å². The summed E-state index contributed by atoms with van der Waals surface area (Å²) in [5.74, 6) is 0. The number of hydrogen-bond donors (Lipinski definition) is 0. The molecule has 0 bridgehead atoms. The van der Waals surface area contributed by atoms with Gasteiger partial charge in [0.05, 0.1) is 13.7 Å². The monoisotopic (exact) mass is 843 g/mol. The number of benzene rings is 5. The molecule has 0 N–H and O–H groups in total. The Balaban J connectivity index is 0.000000204. The van der Waals surface area contributed by atoms with E-state index >= 15 is 0 Å². The van der Waals surface area contributed by atoms with Gasteiger partial charge in [-0.25, -0.2) is 0 Å². The number of aryl methyl sites for hydroxylation is 2. The first-order valence-corrected chi connectivity index (χ1v) is 20.2. The maximum Gasteiger partial charge on any atom is 0.120 e. The second-order valence-corrected chi connectivity index (χ2v) is 18.5. The molecule has 8 aromatic rings. The summed E-state index contributed by atoms with van der Waals surface area (Å²) < 4.78 is 6.31. The van der Waals surface area contributed by atoms with E-state index in [0.717, 1.165) is 50.0 Å². The standard InChI is InChI=1S/C30H20NO.C15H18NSi.Ir/c1-20-17-28(31-19-27(20)22-11-6-3-7-12-22)25-14-8-13-24-26-18-23(21-9-4-2-5-10-21)15-16-29(26)32-30(24)25;1-12-10-14(13-8-6-5-7-9-13)16-11-15(12)17(2,3)4;/h2-13,15-19H,1H3;5-8,10-11H,1-4H3;/q2*-1;. The van der Waals surface area contributed by atoms with Crippen LogP contribution in [0, 0.1) is 26.0 Å². The Labute approximate surface area is 309 Å². The molecule has 0 aliphatic carbocycles. The second kappa shape index (κ2) is 14.9. The second-order valence-electron chi connectivity index (χ2n) is 13.4. The van der Waals surface area contributed by atoms with Crippen LogP contribution >= 0.6 is 0 Å². The maximum absolute atomic E-state index is 6.31. The maximum atomic E-state index is 6.31. The Morgan fingerprint density at radius 2 is 1.26 bits per heavy atom. The van der Waals surface area contributed by atoms with Gasteiger partial charge >= 0.3 is 0 Å². The molecule has 8 rings (SSSR count). The van der Waals surface area contributed by atoms with Crippen LogP contribution in [0.1, 0.15) is 11.1 Å². The predicted molar refractivity (Wildman–Crippen MR) is 208 cm³/mol. The van der Waals surface area contributed by atoms with Crippen molar-refractivity contribution in [3.05, 3.63) is 163 Å². The number of pyridine rings is 2. The molecule has 1 radical (unpaired) electrons. The fourth-order valence-electron chi connectivity index (χ4n) is 6.40. The van der Waals surface area contributed by atoms with E-state index in [2.05, 4.69) is 148 Å². The summed E-state index contributed by atoms with van der Waals surface area (Å²) in [6, 6.07) is 50.0. The van der Waals surface area contributed by atoms with E-state index in [4.69, 9.17) is 9.40 Å². The van der Waals surface area contributed by atoms with Crippen LogP contribution in [-0.2, 0) is 20.1 Å². The van der Waals surface area contributed by atoms with Crippen LogP contribution in [0.2, 0.25) is 19.6 Å². The van der Waals surface area contributed by atoms with Gasteiger partial charge in [0.1, 0.15) is 5.58 Å². The minimum Gasteiger partial charge on any atom is -0.501 e. The third-order valence-corrected chi connectivity index (χ3v) is 11.0. The van der Waals surface area contributed by atoms with Crippen LogP contribution in [0.5, 0.6) is 0 Å². The van der Waals surface area contributed by atoms with E-state index in [1.807, 2.05) is 42.6 Å². The molecular weight excluding hydrogens is 805 g/mol. The summed E-state index contributed by atoms with van der Waals surface area (Å²) in [7, 11) is -1.27. The minimum atomic E-state index is -1.27. The average Bonchev–Trinajstić information content (AvgIpc) is 3.51. The molecule has 3 heterocycles.